The molecular formula is C22H20F2N4O. The third-order valence-electron chi connectivity index (χ3n) is 5.11. The molecule has 0 aliphatic carbocycles. The van der Waals surface area contributed by atoms with E-state index in [0.29, 0.717) is 31.6 Å². The third-order valence-corrected chi connectivity index (χ3v) is 5.11. The number of hydrogen-bond acceptors (Lipinski definition) is 4. The number of carbonyl (C=O) groups excluding carboxylic acids is 1. The molecule has 0 atom stereocenters. The maximum atomic E-state index is 13.7. The van der Waals surface area contributed by atoms with Crippen LogP contribution in [0, 0.1) is 17.6 Å². The maximum Gasteiger partial charge on any atom is 0.227 e. The minimum atomic E-state index is -0.435. The molecule has 29 heavy (non-hydrogen) atoms. The standard InChI is InChI=1S/C22H20F2N4O/c23-17-7-5-15(6-8-17)19-9-10-21(27-26-19)28-13-11-16(12-14-28)22(29)25-20-4-2-1-3-18(20)24/h1-10,16H,11-14H2,(H,25,29). The predicted octanol–water partition coefficient (Wildman–Crippen LogP) is 4.28. The Hall–Kier alpha value is -3.35. The van der Waals surface area contributed by atoms with Crippen molar-refractivity contribution in [3.05, 3.63) is 72.3 Å². The fraction of sp³-hybridized carbons (Fsp3) is 0.227. The fourth-order valence-corrected chi connectivity index (χ4v) is 3.44. The van der Waals surface area contributed by atoms with Crippen molar-refractivity contribution in [1.29, 1.82) is 0 Å². The molecule has 148 valence electrons. The number of para-hydroxylation sites is 1. The van der Waals surface area contributed by atoms with Crippen LogP contribution >= 0.6 is 0 Å². The average Bonchev–Trinajstić information content (AvgIpc) is 2.76. The second kappa shape index (κ2) is 8.34. The summed E-state index contributed by atoms with van der Waals surface area (Å²) in [7, 11) is 0. The number of nitrogens with one attached hydrogen (secondary N) is 1. The van der Waals surface area contributed by atoms with Crippen molar-refractivity contribution < 1.29 is 13.6 Å². The first kappa shape index (κ1) is 19.0. The molecule has 1 amide bonds. The summed E-state index contributed by atoms with van der Waals surface area (Å²) in [5, 5.41) is 11.2. The van der Waals surface area contributed by atoms with E-state index >= 15 is 0 Å². The number of carbonyl (C=O) groups is 1. The van der Waals surface area contributed by atoms with Gasteiger partial charge in [-0.3, -0.25) is 4.79 Å². The molecule has 7 heteroatoms. The van der Waals surface area contributed by atoms with E-state index in [1.807, 2.05) is 12.1 Å². The molecule has 2 heterocycles. The molecule has 1 aliphatic heterocycles. The summed E-state index contributed by atoms with van der Waals surface area (Å²) in [6.07, 6.45) is 1.31. The number of rotatable bonds is 4. The average molecular weight is 394 g/mol. The Morgan fingerprint density at radius 2 is 1.66 bits per heavy atom. The van der Waals surface area contributed by atoms with Gasteiger partial charge in [-0.05, 0) is 61.4 Å². The Morgan fingerprint density at radius 3 is 2.31 bits per heavy atom. The molecule has 0 spiro atoms. The van der Waals surface area contributed by atoms with Crippen molar-refractivity contribution in [2.24, 2.45) is 5.92 Å². The van der Waals surface area contributed by atoms with Gasteiger partial charge >= 0.3 is 0 Å². The highest BCUT2D eigenvalue weighted by Crippen LogP contribution is 2.25. The molecule has 5 nitrogen and oxygen atoms in total. The van der Waals surface area contributed by atoms with E-state index in [0.717, 1.165) is 11.4 Å². The van der Waals surface area contributed by atoms with Crippen LogP contribution in [0.1, 0.15) is 12.8 Å². The van der Waals surface area contributed by atoms with Crippen molar-refractivity contribution >= 4 is 17.4 Å². The highest BCUT2D eigenvalue weighted by atomic mass is 19.1. The van der Waals surface area contributed by atoms with Crippen LogP contribution in [0.15, 0.2) is 60.7 Å². The van der Waals surface area contributed by atoms with Gasteiger partial charge in [0.05, 0.1) is 11.4 Å². The largest absolute Gasteiger partial charge is 0.355 e. The van der Waals surface area contributed by atoms with Crippen molar-refractivity contribution in [1.82, 2.24) is 10.2 Å². The Morgan fingerprint density at radius 1 is 0.931 bits per heavy atom. The van der Waals surface area contributed by atoms with E-state index in [-0.39, 0.29) is 23.3 Å². The minimum Gasteiger partial charge on any atom is -0.355 e. The van der Waals surface area contributed by atoms with Crippen molar-refractivity contribution in [3.63, 3.8) is 0 Å². The molecule has 1 aliphatic rings. The van der Waals surface area contributed by atoms with E-state index in [4.69, 9.17) is 0 Å². The van der Waals surface area contributed by atoms with Crippen LogP contribution in [-0.2, 0) is 4.79 Å². The topological polar surface area (TPSA) is 58.1 Å². The van der Waals surface area contributed by atoms with Crippen molar-refractivity contribution in [2.75, 3.05) is 23.3 Å². The molecule has 4 rings (SSSR count). The second-order valence-corrected chi connectivity index (χ2v) is 7.01. The smallest absolute Gasteiger partial charge is 0.227 e. The van der Waals surface area contributed by atoms with E-state index in [1.165, 1.54) is 18.2 Å². The first-order valence-corrected chi connectivity index (χ1v) is 9.50. The first-order chi connectivity index (χ1) is 14.1. The molecule has 1 N–H and O–H groups in total. The lowest BCUT2D eigenvalue weighted by molar-refractivity contribution is -0.120. The van der Waals surface area contributed by atoms with Gasteiger partial charge in [0.2, 0.25) is 5.91 Å². The number of hydrogen-bond donors (Lipinski definition) is 1. The quantitative estimate of drug-likeness (QED) is 0.718. The van der Waals surface area contributed by atoms with Gasteiger partial charge in [0.1, 0.15) is 11.6 Å². The molecule has 2 aromatic carbocycles. The minimum absolute atomic E-state index is 0.160. The molecule has 1 saturated heterocycles. The molecule has 0 bridgehead atoms. The number of anilines is 2. The number of halogens is 2. The zero-order chi connectivity index (χ0) is 20.2. The summed E-state index contributed by atoms with van der Waals surface area (Å²) < 4.78 is 26.8. The lowest BCUT2D eigenvalue weighted by atomic mass is 9.95. The summed E-state index contributed by atoms with van der Waals surface area (Å²) >= 11 is 0. The van der Waals surface area contributed by atoms with Crippen LogP contribution in [0.4, 0.5) is 20.3 Å². The molecule has 1 fully saturated rings. The zero-order valence-corrected chi connectivity index (χ0v) is 15.7. The van der Waals surface area contributed by atoms with Gasteiger partial charge in [0, 0.05) is 24.6 Å². The van der Waals surface area contributed by atoms with Crippen LogP contribution in [0.3, 0.4) is 0 Å². The van der Waals surface area contributed by atoms with Gasteiger partial charge in [-0.1, -0.05) is 12.1 Å². The molecule has 1 aromatic heterocycles. The Kier molecular flexibility index (Phi) is 5.46. The number of nitrogens with zero attached hydrogens (tertiary/aromatic N) is 3. The van der Waals surface area contributed by atoms with Crippen LogP contribution < -0.4 is 10.2 Å². The van der Waals surface area contributed by atoms with E-state index in [2.05, 4.69) is 20.4 Å². The molecule has 0 saturated carbocycles. The van der Waals surface area contributed by atoms with E-state index in [1.54, 1.807) is 30.3 Å². The maximum absolute atomic E-state index is 13.7. The van der Waals surface area contributed by atoms with Gasteiger partial charge in [0.25, 0.3) is 0 Å². The Labute approximate surface area is 167 Å². The summed E-state index contributed by atoms with van der Waals surface area (Å²) in [6.45, 7) is 1.33. The van der Waals surface area contributed by atoms with Crippen molar-refractivity contribution in [2.45, 2.75) is 12.8 Å². The second-order valence-electron chi connectivity index (χ2n) is 7.01. The van der Waals surface area contributed by atoms with Gasteiger partial charge < -0.3 is 10.2 Å². The van der Waals surface area contributed by atoms with Crippen LogP contribution in [0.5, 0.6) is 0 Å². The zero-order valence-electron chi connectivity index (χ0n) is 15.7. The molecule has 0 unspecified atom stereocenters. The monoisotopic (exact) mass is 394 g/mol. The summed E-state index contributed by atoms with van der Waals surface area (Å²) in [4.78, 5) is 14.5. The summed E-state index contributed by atoms with van der Waals surface area (Å²) in [5.41, 5.74) is 1.68. The molecule has 0 radical (unpaired) electrons. The normalized spacial score (nSPS) is 14.6. The Balaban J connectivity index is 1.35. The number of piperidine rings is 1. The van der Waals surface area contributed by atoms with Crippen LogP contribution in [-0.4, -0.2) is 29.2 Å². The number of benzene rings is 2. The summed E-state index contributed by atoms with van der Waals surface area (Å²) in [5.74, 6) is -0.316. The molecular weight excluding hydrogens is 374 g/mol. The van der Waals surface area contributed by atoms with Gasteiger partial charge in [-0.25, -0.2) is 8.78 Å². The van der Waals surface area contributed by atoms with Gasteiger partial charge in [0.15, 0.2) is 5.82 Å². The van der Waals surface area contributed by atoms with E-state index < -0.39 is 5.82 Å². The van der Waals surface area contributed by atoms with Gasteiger partial charge in [-0.15, -0.1) is 10.2 Å². The predicted molar refractivity (Wildman–Crippen MR) is 107 cm³/mol. The lowest BCUT2D eigenvalue weighted by Crippen LogP contribution is -2.38. The van der Waals surface area contributed by atoms with Crippen LogP contribution in [0.2, 0.25) is 0 Å². The third kappa shape index (κ3) is 4.39. The lowest BCUT2D eigenvalue weighted by Gasteiger charge is -2.31. The fourth-order valence-electron chi connectivity index (χ4n) is 3.44. The number of amides is 1. The van der Waals surface area contributed by atoms with Crippen LogP contribution in [0.25, 0.3) is 11.3 Å². The van der Waals surface area contributed by atoms with Gasteiger partial charge in [-0.2, -0.15) is 0 Å². The SMILES string of the molecule is O=C(Nc1ccccc1F)C1CCN(c2ccc(-c3ccc(F)cc3)nn2)CC1. The first-order valence-electron chi connectivity index (χ1n) is 9.50. The van der Waals surface area contributed by atoms with E-state index in [9.17, 15) is 13.6 Å². The van der Waals surface area contributed by atoms with Crippen molar-refractivity contribution in [3.8, 4) is 11.3 Å². The number of aromatic nitrogens is 2. The highest BCUT2D eigenvalue weighted by Gasteiger charge is 2.26. The highest BCUT2D eigenvalue weighted by molar-refractivity contribution is 5.92. The summed E-state index contributed by atoms with van der Waals surface area (Å²) in [6, 6.07) is 16.0. The Bertz CT molecular complexity index is 984. The molecule has 3 aromatic rings.